The lowest BCUT2D eigenvalue weighted by atomic mass is 10.1. The number of hydrogen-bond acceptors (Lipinski definition) is 5. The number of nitrogens with one attached hydrogen (secondary N) is 1. The van der Waals surface area contributed by atoms with Crippen molar-refractivity contribution in [3.63, 3.8) is 0 Å². The lowest BCUT2D eigenvalue weighted by Gasteiger charge is -2.27. The van der Waals surface area contributed by atoms with Gasteiger partial charge in [0.15, 0.2) is 5.13 Å². The van der Waals surface area contributed by atoms with E-state index >= 15 is 0 Å². The second-order valence-corrected chi connectivity index (χ2v) is 7.88. The third-order valence-electron chi connectivity index (χ3n) is 4.97. The second kappa shape index (κ2) is 8.66. The van der Waals surface area contributed by atoms with Crippen LogP contribution in [0, 0.1) is 17.1 Å². The van der Waals surface area contributed by atoms with Gasteiger partial charge < -0.3 is 9.64 Å². The Bertz CT molecular complexity index is 1050. The number of morpholine rings is 1. The number of nitrogens with zero attached hydrogens (tertiary/aromatic N) is 3. The van der Waals surface area contributed by atoms with Crippen molar-refractivity contribution in [1.82, 2.24) is 4.98 Å². The summed E-state index contributed by atoms with van der Waals surface area (Å²) in [7, 11) is 0. The Morgan fingerprint density at radius 3 is 2.72 bits per heavy atom. The Morgan fingerprint density at radius 2 is 2.00 bits per heavy atom. The number of carbonyl (C=O) groups excluding carboxylic acids is 1. The number of quaternary nitrogens is 1. The number of thiazole rings is 1. The zero-order chi connectivity index (χ0) is 20.2. The highest BCUT2D eigenvalue weighted by Gasteiger charge is 2.24. The molecule has 0 radical (unpaired) electrons. The molecular weight excluding hydrogens is 391 g/mol. The number of amides is 1. The lowest BCUT2D eigenvalue weighted by molar-refractivity contribution is -0.906. The monoisotopic (exact) mass is 411 g/mol. The van der Waals surface area contributed by atoms with Gasteiger partial charge in [-0.3, -0.25) is 9.69 Å². The van der Waals surface area contributed by atoms with Gasteiger partial charge in [0.2, 0.25) is 0 Å². The Hall–Kier alpha value is -2.86. The van der Waals surface area contributed by atoms with E-state index < -0.39 is 0 Å². The molecule has 1 amide bonds. The molecule has 29 heavy (non-hydrogen) atoms. The molecule has 0 aliphatic carbocycles. The van der Waals surface area contributed by atoms with Gasteiger partial charge >= 0.3 is 0 Å². The van der Waals surface area contributed by atoms with Crippen LogP contribution in [0.4, 0.5) is 9.52 Å². The number of nitriles is 1. The average Bonchev–Trinajstić information content (AvgIpc) is 3.17. The van der Waals surface area contributed by atoms with Crippen LogP contribution in [0.15, 0.2) is 42.5 Å². The minimum Gasteiger partial charge on any atom is -0.370 e. The number of halogens is 1. The van der Waals surface area contributed by atoms with E-state index in [1.54, 1.807) is 35.2 Å². The van der Waals surface area contributed by atoms with Gasteiger partial charge in [0, 0.05) is 5.56 Å². The summed E-state index contributed by atoms with van der Waals surface area (Å²) >= 11 is 1.30. The highest BCUT2D eigenvalue weighted by molar-refractivity contribution is 7.22. The lowest BCUT2D eigenvalue weighted by Crippen LogP contribution is -3.14. The number of benzene rings is 2. The van der Waals surface area contributed by atoms with E-state index in [2.05, 4.69) is 11.1 Å². The molecule has 4 rings (SSSR count). The van der Waals surface area contributed by atoms with Gasteiger partial charge in [-0.15, -0.1) is 0 Å². The Kier molecular flexibility index (Phi) is 5.81. The first-order valence-electron chi connectivity index (χ1n) is 9.43. The van der Waals surface area contributed by atoms with Gasteiger partial charge in [-0.2, -0.15) is 5.26 Å². The molecule has 3 aromatic rings. The molecule has 0 unspecified atom stereocenters. The van der Waals surface area contributed by atoms with Gasteiger partial charge in [-0.05, 0) is 42.5 Å². The highest BCUT2D eigenvalue weighted by atomic mass is 32.1. The standard InChI is InChI=1S/C21H19FN4O2S/c22-17-5-6-18-19(13-17)29-21(24-18)26(8-7-25-9-11-28-12-10-25)20(27)16-3-1-15(14-23)2-4-16/h1-6,13H,7-12H2/p+1. The largest absolute Gasteiger partial charge is 0.370 e. The van der Waals surface area contributed by atoms with E-state index in [9.17, 15) is 9.18 Å². The van der Waals surface area contributed by atoms with Gasteiger partial charge in [-0.1, -0.05) is 11.3 Å². The van der Waals surface area contributed by atoms with E-state index in [-0.39, 0.29) is 11.7 Å². The summed E-state index contributed by atoms with van der Waals surface area (Å²) in [6, 6.07) is 13.1. The van der Waals surface area contributed by atoms with Crippen LogP contribution in [0.5, 0.6) is 0 Å². The van der Waals surface area contributed by atoms with Crippen LogP contribution in [0.3, 0.4) is 0 Å². The molecule has 6 nitrogen and oxygen atoms in total. The summed E-state index contributed by atoms with van der Waals surface area (Å²) in [5.74, 6) is -0.503. The minimum atomic E-state index is -0.324. The predicted molar refractivity (Wildman–Crippen MR) is 109 cm³/mol. The normalized spacial score (nSPS) is 14.6. The molecule has 148 valence electrons. The minimum absolute atomic E-state index is 0.179. The molecule has 1 aliphatic rings. The molecule has 0 bridgehead atoms. The third-order valence-corrected chi connectivity index (χ3v) is 6.01. The molecule has 2 heterocycles. The fourth-order valence-corrected chi connectivity index (χ4v) is 4.32. The van der Waals surface area contributed by atoms with Gasteiger partial charge in [-0.25, -0.2) is 9.37 Å². The Labute approximate surface area is 171 Å². The first-order valence-corrected chi connectivity index (χ1v) is 10.2. The predicted octanol–water partition coefficient (Wildman–Crippen LogP) is 1.87. The molecule has 1 aliphatic heterocycles. The zero-order valence-electron chi connectivity index (χ0n) is 15.7. The maximum Gasteiger partial charge on any atom is 0.260 e. The quantitative estimate of drug-likeness (QED) is 0.696. The topological polar surface area (TPSA) is 70.7 Å². The third kappa shape index (κ3) is 4.43. The highest BCUT2D eigenvalue weighted by Crippen LogP contribution is 2.30. The van der Waals surface area contributed by atoms with E-state index in [4.69, 9.17) is 10.00 Å². The summed E-state index contributed by atoms with van der Waals surface area (Å²) in [5, 5.41) is 9.54. The van der Waals surface area contributed by atoms with Gasteiger partial charge in [0.1, 0.15) is 18.9 Å². The van der Waals surface area contributed by atoms with Crippen molar-refractivity contribution in [1.29, 1.82) is 5.26 Å². The maximum atomic E-state index is 13.6. The zero-order valence-corrected chi connectivity index (χ0v) is 16.5. The van der Waals surface area contributed by atoms with Crippen LogP contribution < -0.4 is 9.80 Å². The van der Waals surface area contributed by atoms with Crippen LogP contribution in [-0.2, 0) is 4.74 Å². The summed E-state index contributed by atoms with van der Waals surface area (Å²) in [4.78, 5) is 20.9. The number of carbonyl (C=O) groups is 1. The van der Waals surface area contributed by atoms with Crippen molar-refractivity contribution in [2.75, 3.05) is 44.3 Å². The van der Waals surface area contributed by atoms with Crippen LogP contribution in [0.1, 0.15) is 15.9 Å². The number of anilines is 1. The van der Waals surface area contributed by atoms with Crippen LogP contribution >= 0.6 is 11.3 Å². The van der Waals surface area contributed by atoms with Crippen molar-refractivity contribution in [3.05, 3.63) is 59.4 Å². The van der Waals surface area contributed by atoms with Crippen molar-refractivity contribution >= 4 is 32.6 Å². The summed E-state index contributed by atoms with van der Waals surface area (Å²) in [6.07, 6.45) is 0. The molecule has 0 saturated carbocycles. The number of aromatic nitrogens is 1. The smallest absolute Gasteiger partial charge is 0.260 e. The van der Waals surface area contributed by atoms with Crippen molar-refractivity contribution in [2.45, 2.75) is 0 Å². The van der Waals surface area contributed by atoms with Crippen LogP contribution in [0.2, 0.25) is 0 Å². The summed E-state index contributed by atoms with van der Waals surface area (Å²) in [6.45, 7) is 4.53. The molecular formula is C21H20FN4O2S+. The van der Waals surface area contributed by atoms with Crippen molar-refractivity contribution < 1.29 is 18.8 Å². The molecule has 2 aromatic carbocycles. The maximum absolute atomic E-state index is 13.6. The number of hydrogen-bond donors (Lipinski definition) is 1. The van der Waals surface area contributed by atoms with Gasteiger partial charge in [0.25, 0.3) is 5.91 Å². The van der Waals surface area contributed by atoms with Crippen LogP contribution in [0.25, 0.3) is 10.2 Å². The van der Waals surface area contributed by atoms with Crippen molar-refractivity contribution in [2.24, 2.45) is 0 Å². The van der Waals surface area contributed by atoms with E-state index in [0.29, 0.717) is 33.0 Å². The van der Waals surface area contributed by atoms with E-state index in [1.807, 2.05) is 0 Å². The Balaban J connectivity index is 1.63. The Morgan fingerprint density at radius 1 is 1.24 bits per heavy atom. The van der Waals surface area contributed by atoms with E-state index in [0.717, 1.165) is 32.8 Å². The molecule has 1 fully saturated rings. The SMILES string of the molecule is N#Cc1ccc(C(=O)N(CC[NH+]2CCOCC2)c2nc3ccc(F)cc3s2)cc1. The summed E-state index contributed by atoms with van der Waals surface area (Å²) in [5.41, 5.74) is 1.66. The summed E-state index contributed by atoms with van der Waals surface area (Å²) < 4.78 is 19.7. The number of fused-ring (bicyclic) bond motifs is 1. The molecule has 1 N–H and O–H groups in total. The van der Waals surface area contributed by atoms with Crippen molar-refractivity contribution in [3.8, 4) is 6.07 Å². The first-order chi connectivity index (χ1) is 14.1. The fourth-order valence-electron chi connectivity index (χ4n) is 3.31. The molecule has 1 saturated heterocycles. The number of ether oxygens (including phenoxy) is 1. The first kappa shape index (κ1) is 19.5. The fraction of sp³-hybridized carbons (Fsp3) is 0.286. The molecule has 1 aromatic heterocycles. The molecule has 0 atom stereocenters. The second-order valence-electron chi connectivity index (χ2n) is 6.87. The molecule has 0 spiro atoms. The van der Waals surface area contributed by atoms with Crippen LogP contribution in [-0.4, -0.2) is 50.3 Å². The van der Waals surface area contributed by atoms with E-state index in [1.165, 1.54) is 28.4 Å². The molecule has 8 heteroatoms. The number of rotatable bonds is 5. The van der Waals surface area contributed by atoms with Gasteiger partial charge in [0.05, 0.1) is 48.2 Å². The average molecular weight is 411 g/mol.